The first-order chi connectivity index (χ1) is 12.1. The van der Waals surface area contributed by atoms with Crippen LogP contribution in [-0.4, -0.2) is 65.2 Å². The number of benzene rings is 1. The molecular weight excluding hydrogens is 314 g/mol. The number of aliphatic hydroxyl groups is 1. The molecule has 3 atom stereocenters. The zero-order valence-corrected chi connectivity index (χ0v) is 15.4. The summed E-state index contributed by atoms with van der Waals surface area (Å²) in [7, 11) is 0. The average molecular weight is 345 g/mol. The number of rotatable bonds is 7. The molecule has 1 aromatic rings. The van der Waals surface area contributed by atoms with E-state index in [4.69, 9.17) is 0 Å². The maximum Gasteiger partial charge on any atom is 0.242 e. The number of amides is 1. The van der Waals surface area contributed by atoms with E-state index in [1.165, 1.54) is 0 Å². The van der Waals surface area contributed by atoms with Gasteiger partial charge in [-0.1, -0.05) is 37.3 Å². The van der Waals surface area contributed by atoms with Gasteiger partial charge in [0, 0.05) is 38.3 Å². The Hall–Kier alpha value is -1.43. The van der Waals surface area contributed by atoms with Gasteiger partial charge in [-0.3, -0.25) is 14.6 Å². The van der Waals surface area contributed by atoms with Crippen LogP contribution in [0.3, 0.4) is 0 Å². The van der Waals surface area contributed by atoms with Crippen LogP contribution in [0.2, 0.25) is 0 Å². The molecule has 5 nitrogen and oxygen atoms in total. The lowest BCUT2D eigenvalue weighted by atomic mass is 10.0. The largest absolute Gasteiger partial charge is 0.392 e. The molecule has 138 valence electrons. The van der Waals surface area contributed by atoms with Crippen molar-refractivity contribution in [3.05, 3.63) is 35.9 Å². The number of aliphatic hydroxyl groups excluding tert-OH is 1. The van der Waals surface area contributed by atoms with Gasteiger partial charge in [-0.25, -0.2) is 0 Å². The van der Waals surface area contributed by atoms with Gasteiger partial charge in [0.15, 0.2) is 0 Å². The van der Waals surface area contributed by atoms with E-state index in [0.29, 0.717) is 18.6 Å². The number of β-amino-alcohol motifs (C(OH)–C–C–N with tert-alkyl or cyclic N) is 1. The number of carbonyl (C=O) groups excluding carboxylic acids is 1. The summed E-state index contributed by atoms with van der Waals surface area (Å²) in [6.45, 7) is 7.34. The molecule has 0 unspecified atom stereocenters. The number of nitrogens with one attached hydrogen (secondary N) is 1. The molecule has 0 bridgehead atoms. The second kappa shape index (κ2) is 8.30. The Morgan fingerprint density at radius 2 is 2.00 bits per heavy atom. The van der Waals surface area contributed by atoms with Crippen molar-refractivity contribution in [1.29, 1.82) is 0 Å². The second-order valence-electron chi connectivity index (χ2n) is 7.50. The second-order valence-corrected chi connectivity index (χ2v) is 7.50. The van der Waals surface area contributed by atoms with E-state index in [-0.39, 0.29) is 18.1 Å². The number of carbonyl (C=O) groups is 1. The summed E-state index contributed by atoms with van der Waals surface area (Å²) >= 11 is 0. The Kier molecular flexibility index (Phi) is 6.10. The summed E-state index contributed by atoms with van der Waals surface area (Å²) < 4.78 is 0. The van der Waals surface area contributed by atoms with Crippen molar-refractivity contribution >= 4 is 5.91 Å². The van der Waals surface area contributed by atoms with E-state index < -0.39 is 0 Å². The third kappa shape index (κ3) is 4.81. The topological polar surface area (TPSA) is 55.8 Å². The number of piperazine rings is 1. The van der Waals surface area contributed by atoms with Crippen LogP contribution in [0.1, 0.15) is 44.7 Å². The SMILES string of the molecule is CC[C@@H]1CN([C@@H](C(=O)NC2CC2)c2ccccc2)CCN1C[C@@H](C)O. The number of nitrogens with zero attached hydrogens (tertiary/aromatic N) is 2. The fourth-order valence-electron chi connectivity index (χ4n) is 3.79. The van der Waals surface area contributed by atoms with Gasteiger partial charge in [0.1, 0.15) is 6.04 Å². The molecule has 25 heavy (non-hydrogen) atoms. The molecule has 0 radical (unpaired) electrons. The van der Waals surface area contributed by atoms with Gasteiger partial charge in [0.2, 0.25) is 5.91 Å². The molecule has 5 heteroatoms. The van der Waals surface area contributed by atoms with Gasteiger partial charge in [-0.05, 0) is 31.7 Å². The first-order valence-corrected chi connectivity index (χ1v) is 9.60. The van der Waals surface area contributed by atoms with Crippen molar-refractivity contribution < 1.29 is 9.90 Å². The zero-order valence-electron chi connectivity index (χ0n) is 15.4. The summed E-state index contributed by atoms with van der Waals surface area (Å²) in [5.74, 6) is 0.132. The van der Waals surface area contributed by atoms with E-state index in [2.05, 4.69) is 34.2 Å². The van der Waals surface area contributed by atoms with Gasteiger partial charge in [-0.2, -0.15) is 0 Å². The average Bonchev–Trinajstić information content (AvgIpc) is 3.40. The van der Waals surface area contributed by atoms with Crippen molar-refractivity contribution in [3.8, 4) is 0 Å². The first-order valence-electron chi connectivity index (χ1n) is 9.60. The summed E-state index contributed by atoms with van der Waals surface area (Å²) in [5, 5.41) is 12.9. The van der Waals surface area contributed by atoms with Crippen LogP contribution < -0.4 is 5.32 Å². The highest BCUT2D eigenvalue weighted by atomic mass is 16.3. The fraction of sp³-hybridized carbons (Fsp3) is 0.650. The van der Waals surface area contributed by atoms with Crippen LogP contribution in [-0.2, 0) is 4.79 Å². The maximum atomic E-state index is 12.9. The molecule has 1 aromatic carbocycles. The van der Waals surface area contributed by atoms with Crippen molar-refractivity contribution in [2.24, 2.45) is 0 Å². The van der Waals surface area contributed by atoms with Crippen LogP contribution in [0, 0.1) is 0 Å². The minimum Gasteiger partial charge on any atom is -0.392 e. The molecule has 2 N–H and O–H groups in total. The lowest BCUT2D eigenvalue weighted by Crippen LogP contribution is -2.57. The Labute approximate surface area is 151 Å². The molecule has 3 rings (SSSR count). The van der Waals surface area contributed by atoms with Gasteiger partial charge in [-0.15, -0.1) is 0 Å². The third-order valence-electron chi connectivity index (χ3n) is 5.26. The van der Waals surface area contributed by atoms with E-state index in [9.17, 15) is 9.90 Å². The summed E-state index contributed by atoms with van der Waals surface area (Å²) in [4.78, 5) is 17.6. The van der Waals surface area contributed by atoms with E-state index in [1.807, 2.05) is 25.1 Å². The summed E-state index contributed by atoms with van der Waals surface area (Å²) in [6, 6.07) is 10.7. The minimum absolute atomic E-state index is 0.132. The van der Waals surface area contributed by atoms with E-state index >= 15 is 0 Å². The highest BCUT2D eigenvalue weighted by Gasteiger charge is 2.36. The molecule has 1 aliphatic heterocycles. The molecule has 0 aromatic heterocycles. The Bertz CT molecular complexity index is 559. The number of hydrogen-bond donors (Lipinski definition) is 2. The summed E-state index contributed by atoms with van der Waals surface area (Å²) in [6.07, 6.45) is 2.92. The Morgan fingerprint density at radius 1 is 1.28 bits per heavy atom. The number of hydrogen-bond acceptors (Lipinski definition) is 4. The van der Waals surface area contributed by atoms with Crippen LogP contribution in [0.4, 0.5) is 0 Å². The van der Waals surface area contributed by atoms with E-state index in [1.54, 1.807) is 0 Å². The molecule has 1 amide bonds. The molecular formula is C20H31N3O2. The quantitative estimate of drug-likeness (QED) is 0.791. The molecule has 1 heterocycles. The molecule has 1 saturated heterocycles. The molecule has 0 spiro atoms. The first kappa shape index (κ1) is 18.4. The summed E-state index contributed by atoms with van der Waals surface area (Å²) in [5.41, 5.74) is 1.07. The van der Waals surface area contributed by atoms with Crippen LogP contribution in [0.15, 0.2) is 30.3 Å². The highest BCUT2D eigenvalue weighted by molar-refractivity contribution is 5.83. The lowest BCUT2D eigenvalue weighted by Gasteiger charge is -2.44. The van der Waals surface area contributed by atoms with E-state index in [0.717, 1.165) is 44.5 Å². The predicted octanol–water partition coefficient (Wildman–Crippen LogP) is 1.78. The predicted molar refractivity (Wildman–Crippen MR) is 99.3 cm³/mol. The molecule has 2 fully saturated rings. The fourth-order valence-corrected chi connectivity index (χ4v) is 3.79. The zero-order chi connectivity index (χ0) is 17.8. The molecule has 1 saturated carbocycles. The minimum atomic E-state index is -0.316. The molecule has 1 aliphatic carbocycles. The van der Waals surface area contributed by atoms with Gasteiger partial charge < -0.3 is 10.4 Å². The third-order valence-corrected chi connectivity index (χ3v) is 5.26. The monoisotopic (exact) mass is 345 g/mol. The van der Waals surface area contributed by atoms with Crippen molar-refractivity contribution in [2.45, 2.75) is 57.3 Å². The van der Waals surface area contributed by atoms with Gasteiger partial charge in [0.05, 0.1) is 6.10 Å². The van der Waals surface area contributed by atoms with Gasteiger partial charge >= 0.3 is 0 Å². The van der Waals surface area contributed by atoms with Crippen molar-refractivity contribution in [2.75, 3.05) is 26.2 Å². The Morgan fingerprint density at radius 3 is 2.60 bits per heavy atom. The van der Waals surface area contributed by atoms with Gasteiger partial charge in [0.25, 0.3) is 0 Å². The highest BCUT2D eigenvalue weighted by Crippen LogP contribution is 2.27. The van der Waals surface area contributed by atoms with Crippen molar-refractivity contribution in [1.82, 2.24) is 15.1 Å². The van der Waals surface area contributed by atoms with Crippen LogP contribution in [0.5, 0.6) is 0 Å². The van der Waals surface area contributed by atoms with Crippen LogP contribution >= 0.6 is 0 Å². The van der Waals surface area contributed by atoms with Crippen LogP contribution in [0.25, 0.3) is 0 Å². The normalized spacial score (nSPS) is 24.7. The lowest BCUT2D eigenvalue weighted by molar-refractivity contribution is -0.128. The molecule has 2 aliphatic rings. The maximum absolute atomic E-state index is 12.9. The van der Waals surface area contributed by atoms with Crippen molar-refractivity contribution in [3.63, 3.8) is 0 Å². The standard InChI is InChI=1S/C20H31N3O2/c1-3-18-14-23(12-11-22(18)13-15(2)24)19(16-7-5-4-6-8-16)20(25)21-17-9-10-17/h4-8,15,17-19,24H,3,9-14H2,1-2H3,(H,21,25)/t15-,18-,19-/m1/s1. The Balaban J connectivity index is 1.75. The smallest absolute Gasteiger partial charge is 0.242 e.